The van der Waals surface area contributed by atoms with E-state index in [1.807, 2.05) is 6.92 Å². The number of aromatic nitrogens is 2. The summed E-state index contributed by atoms with van der Waals surface area (Å²) in [5.41, 5.74) is -0.265. The summed E-state index contributed by atoms with van der Waals surface area (Å²) in [5, 5.41) is 17.2. The Kier molecular flexibility index (Phi) is 9.44. The molecule has 14 heteroatoms. The van der Waals surface area contributed by atoms with Gasteiger partial charge >= 0.3 is 18.3 Å². The van der Waals surface area contributed by atoms with Gasteiger partial charge in [0.25, 0.3) is 0 Å². The van der Waals surface area contributed by atoms with E-state index < -0.39 is 49.1 Å². The molecule has 2 rings (SSSR count). The van der Waals surface area contributed by atoms with Gasteiger partial charge in [-0.15, -0.1) is 0 Å². The standard InChI is InChI=1S/C20H23F6N5O3/c1-2-8-27-15(32)12-4-6-13(7-5-12)30-18-29-11-14(19(21,22)23)16(31-18)34-10-3-9-28-17(33)20(24,25)26/h4-7,11,15,27,32H,2-3,8-10H2,1H3,(H,28,33)(H,29,30,31). The second-order valence-electron chi connectivity index (χ2n) is 6.97. The molecule has 1 aromatic carbocycles. The first-order chi connectivity index (χ1) is 15.9. The predicted molar refractivity (Wildman–Crippen MR) is 109 cm³/mol. The average molecular weight is 495 g/mol. The molecular formula is C20H23F6N5O3. The van der Waals surface area contributed by atoms with E-state index in [1.165, 1.54) is 0 Å². The minimum atomic E-state index is -5.06. The summed E-state index contributed by atoms with van der Waals surface area (Å²) < 4.78 is 81.1. The molecule has 0 aliphatic rings. The molecule has 1 aromatic heterocycles. The topological polar surface area (TPSA) is 108 Å². The number of benzene rings is 1. The van der Waals surface area contributed by atoms with Crippen LogP contribution >= 0.6 is 0 Å². The summed E-state index contributed by atoms with van der Waals surface area (Å²) in [6, 6.07) is 6.34. The number of aliphatic hydroxyl groups is 1. The van der Waals surface area contributed by atoms with Gasteiger partial charge in [-0.25, -0.2) is 4.98 Å². The zero-order valence-electron chi connectivity index (χ0n) is 17.9. The number of ether oxygens (including phenoxy) is 1. The Labute approximate surface area is 190 Å². The number of amides is 1. The quantitative estimate of drug-likeness (QED) is 0.214. The molecule has 4 N–H and O–H groups in total. The van der Waals surface area contributed by atoms with E-state index in [4.69, 9.17) is 4.74 Å². The third-order valence-corrected chi connectivity index (χ3v) is 4.23. The molecular weight excluding hydrogens is 472 g/mol. The van der Waals surface area contributed by atoms with Gasteiger partial charge in [-0.1, -0.05) is 19.1 Å². The minimum Gasteiger partial charge on any atom is -0.477 e. The van der Waals surface area contributed by atoms with Gasteiger partial charge in [-0.2, -0.15) is 31.3 Å². The monoisotopic (exact) mass is 495 g/mol. The SMILES string of the molecule is CCCNC(O)c1ccc(Nc2ncc(C(F)(F)F)c(OCCCNC(=O)C(F)(F)F)n2)cc1. The fourth-order valence-electron chi connectivity index (χ4n) is 2.55. The molecule has 0 saturated heterocycles. The van der Waals surface area contributed by atoms with Crippen molar-refractivity contribution in [2.45, 2.75) is 38.3 Å². The maximum atomic E-state index is 13.2. The van der Waals surface area contributed by atoms with E-state index in [0.29, 0.717) is 24.0 Å². The van der Waals surface area contributed by atoms with Crippen molar-refractivity contribution < 1.29 is 41.0 Å². The Hall–Kier alpha value is -3.13. The third kappa shape index (κ3) is 8.33. The van der Waals surface area contributed by atoms with Crippen molar-refractivity contribution in [2.24, 2.45) is 0 Å². The Morgan fingerprint density at radius 2 is 1.79 bits per heavy atom. The summed E-state index contributed by atoms with van der Waals surface area (Å²) in [7, 11) is 0. The maximum Gasteiger partial charge on any atom is 0.471 e. The normalized spacial score (nSPS) is 12.8. The van der Waals surface area contributed by atoms with Gasteiger partial charge in [0.2, 0.25) is 11.8 Å². The van der Waals surface area contributed by atoms with Crippen LogP contribution in [0.4, 0.5) is 38.0 Å². The van der Waals surface area contributed by atoms with Crippen molar-refractivity contribution in [2.75, 3.05) is 25.0 Å². The van der Waals surface area contributed by atoms with E-state index in [1.54, 1.807) is 29.6 Å². The number of rotatable bonds is 11. The molecule has 0 bridgehead atoms. The first kappa shape index (κ1) is 27.1. The molecule has 0 radical (unpaired) electrons. The number of hydrogen-bond donors (Lipinski definition) is 4. The number of carbonyl (C=O) groups excluding carboxylic acids is 1. The van der Waals surface area contributed by atoms with Crippen molar-refractivity contribution in [3.8, 4) is 5.88 Å². The van der Waals surface area contributed by atoms with Gasteiger partial charge in [-0.05, 0) is 37.1 Å². The highest BCUT2D eigenvalue weighted by atomic mass is 19.4. The number of carbonyl (C=O) groups is 1. The highest BCUT2D eigenvalue weighted by molar-refractivity contribution is 5.81. The van der Waals surface area contributed by atoms with Gasteiger partial charge < -0.3 is 20.5 Å². The smallest absolute Gasteiger partial charge is 0.471 e. The van der Waals surface area contributed by atoms with Crippen molar-refractivity contribution >= 4 is 17.5 Å². The Morgan fingerprint density at radius 1 is 1.12 bits per heavy atom. The summed E-state index contributed by atoms with van der Waals surface area (Å²) in [6.45, 7) is 1.66. The lowest BCUT2D eigenvalue weighted by Gasteiger charge is -2.15. The van der Waals surface area contributed by atoms with Gasteiger partial charge in [0.1, 0.15) is 11.8 Å². The molecule has 1 atom stereocenters. The fourth-order valence-corrected chi connectivity index (χ4v) is 2.55. The molecule has 0 aliphatic heterocycles. The van der Waals surface area contributed by atoms with Gasteiger partial charge in [0.05, 0.1) is 6.61 Å². The first-order valence-electron chi connectivity index (χ1n) is 10.1. The molecule has 0 spiro atoms. The van der Waals surface area contributed by atoms with E-state index in [-0.39, 0.29) is 12.4 Å². The number of alkyl halides is 6. The lowest BCUT2D eigenvalue weighted by Crippen LogP contribution is -2.37. The minimum absolute atomic E-state index is 0.193. The van der Waals surface area contributed by atoms with Crippen LogP contribution in [0, 0.1) is 0 Å². The summed E-state index contributed by atoms with van der Waals surface area (Å²) in [4.78, 5) is 18.1. The van der Waals surface area contributed by atoms with Crippen LogP contribution < -0.4 is 20.7 Å². The molecule has 8 nitrogen and oxygen atoms in total. The highest BCUT2D eigenvalue weighted by Gasteiger charge is 2.38. The number of nitrogens with zero attached hydrogens (tertiary/aromatic N) is 2. The Balaban J connectivity index is 2.03. The predicted octanol–water partition coefficient (Wildman–Crippen LogP) is 3.68. The summed E-state index contributed by atoms with van der Waals surface area (Å²) >= 11 is 0. The zero-order valence-corrected chi connectivity index (χ0v) is 17.9. The first-order valence-corrected chi connectivity index (χ1v) is 10.1. The Morgan fingerprint density at radius 3 is 2.38 bits per heavy atom. The van der Waals surface area contributed by atoms with Crippen molar-refractivity contribution in [3.05, 3.63) is 41.6 Å². The number of halogens is 6. The second-order valence-corrected chi connectivity index (χ2v) is 6.97. The molecule has 1 heterocycles. The van der Waals surface area contributed by atoms with E-state index in [9.17, 15) is 36.2 Å². The molecule has 1 amide bonds. The summed E-state index contributed by atoms with van der Waals surface area (Å²) in [6.07, 6.45) is -9.61. The largest absolute Gasteiger partial charge is 0.477 e. The second kappa shape index (κ2) is 11.8. The van der Waals surface area contributed by atoms with Crippen LogP contribution in [-0.2, 0) is 11.0 Å². The van der Waals surface area contributed by atoms with Gasteiger partial charge in [-0.3, -0.25) is 10.1 Å². The lowest BCUT2D eigenvalue weighted by molar-refractivity contribution is -0.173. The van der Waals surface area contributed by atoms with Crippen LogP contribution in [-0.4, -0.2) is 46.9 Å². The molecule has 188 valence electrons. The summed E-state index contributed by atoms with van der Waals surface area (Å²) in [5.74, 6) is -3.19. The van der Waals surface area contributed by atoms with E-state index >= 15 is 0 Å². The number of hydrogen-bond acceptors (Lipinski definition) is 7. The molecule has 0 saturated carbocycles. The van der Waals surface area contributed by atoms with Gasteiger partial charge in [0.15, 0.2) is 0 Å². The highest BCUT2D eigenvalue weighted by Crippen LogP contribution is 2.35. The van der Waals surface area contributed by atoms with Crippen LogP contribution in [0.1, 0.15) is 37.1 Å². The van der Waals surface area contributed by atoms with Crippen molar-refractivity contribution in [3.63, 3.8) is 0 Å². The molecule has 0 aliphatic carbocycles. The lowest BCUT2D eigenvalue weighted by atomic mass is 10.2. The van der Waals surface area contributed by atoms with Crippen molar-refractivity contribution in [1.82, 2.24) is 20.6 Å². The number of anilines is 2. The number of nitrogens with one attached hydrogen (secondary N) is 3. The van der Waals surface area contributed by atoms with Crippen LogP contribution in [0.5, 0.6) is 5.88 Å². The molecule has 1 unspecified atom stereocenters. The molecule has 34 heavy (non-hydrogen) atoms. The van der Waals surface area contributed by atoms with Crippen LogP contribution in [0.15, 0.2) is 30.5 Å². The molecule has 0 fully saturated rings. The van der Waals surface area contributed by atoms with Gasteiger partial charge in [0, 0.05) is 18.4 Å². The maximum absolute atomic E-state index is 13.2. The number of aliphatic hydroxyl groups excluding tert-OH is 1. The van der Waals surface area contributed by atoms with Crippen LogP contribution in [0.3, 0.4) is 0 Å². The Bertz CT molecular complexity index is 938. The van der Waals surface area contributed by atoms with Crippen LogP contribution in [0.25, 0.3) is 0 Å². The van der Waals surface area contributed by atoms with Crippen molar-refractivity contribution in [1.29, 1.82) is 0 Å². The van der Waals surface area contributed by atoms with E-state index in [2.05, 4.69) is 20.6 Å². The fraction of sp³-hybridized carbons (Fsp3) is 0.450. The average Bonchev–Trinajstić information content (AvgIpc) is 2.76. The zero-order chi connectivity index (χ0) is 25.4. The van der Waals surface area contributed by atoms with Crippen LogP contribution in [0.2, 0.25) is 0 Å². The molecule has 2 aromatic rings. The van der Waals surface area contributed by atoms with E-state index in [0.717, 1.165) is 6.42 Å². The third-order valence-electron chi connectivity index (χ3n) is 4.23.